The Morgan fingerprint density at radius 2 is 1.60 bits per heavy atom. The number of hydrazine groups is 1. The van der Waals surface area contributed by atoms with Gasteiger partial charge in [0, 0.05) is 25.8 Å². The zero-order valence-electron chi connectivity index (χ0n) is 12.4. The number of nitrogens with one attached hydrogen (secondary N) is 2. The first-order valence-corrected chi connectivity index (χ1v) is 8.49. The molecule has 0 amide bonds. The SMILES string of the molecule is CNc1cc(C)c(S(=O)(=O)NN2CCCCC2)c(C)c1. The highest BCUT2D eigenvalue weighted by Crippen LogP contribution is 2.24. The van der Waals surface area contributed by atoms with Crippen molar-refractivity contribution >= 4 is 15.7 Å². The lowest BCUT2D eigenvalue weighted by Gasteiger charge is -2.27. The van der Waals surface area contributed by atoms with Gasteiger partial charge in [0.25, 0.3) is 10.0 Å². The third kappa shape index (κ3) is 3.31. The Morgan fingerprint density at radius 1 is 1.05 bits per heavy atom. The number of benzene rings is 1. The number of rotatable bonds is 4. The molecule has 0 bridgehead atoms. The monoisotopic (exact) mass is 297 g/mol. The molecule has 5 nitrogen and oxygen atoms in total. The Hall–Kier alpha value is -1.11. The van der Waals surface area contributed by atoms with Crippen LogP contribution in [0.4, 0.5) is 5.69 Å². The normalized spacial score (nSPS) is 17.1. The zero-order valence-corrected chi connectivity index (χ0v) is 13.2. The number of anilines is 1. The number of piperidine rings is 1. The molecular formula is C14H23N3O2S. The van der Waals surface area contributed by atoms with Crippen LogP contribution in [-0.2, 0) is 10.0 Å². The first kappa shape index (κ1) is 15.3. The van der Waals surface area contributed by atoms with E-state index in [0.29, 0.717) is 4.90 Å². The minimum absolute atomic E-state index is 0.391. The van der Waals surface area contributed by atoms with Gasteiger partial charge in [0.05, 0.1) is 4.90 Å². The summed E-state index contributed by atoms with van der Waals surface area (Å²) in [5.74, 6) is 0. The lowest BCUT2D eigenvalue weighted by molar-refractivity contribution is 0.200. The summed E-state index contributed by atoms with van der Waals surface area (Å²) >= 11 is 0. The van der Waals surface area contributed by atoms with Gasteiger partial charge in [-0.05, 0) is 49.9 Å². The van der Waals surface area contributed by atoms with E-state index in [1.165, 1.54) is 6.42 Å². The van der Waals surface area contributed by atoms with Gasteiger partial charge in [-0.15, -0.1) is 4.83 Å². The summed E-state index contributed by atoms with van der Waals surface area (Å²) in [6.45, 7) is 5.23. The van der Waals surface area contributed by atoms with Gasteiger partial charge < -0.3 is 5.32 Å². The van der Waals surface area contributed by atoms with E-state index in [9.17, 15) is 8.42 Å². The van der Waals surface area contributed by atoms with Crippen LogP contribution < -0.4 is 10.1 Å². The summed E-state index contributed by atoms with van der Waals surface area (Å²) in [7, 11) is -1.67. The standard InChI is InChI=1S/C14H23N3O2S/c1-11-9-13(15-3)10-12(2)14(11)20(18,19)16-17-7-5-4-6-8-17/h9-10,15-16H,4-8H2,1-3H3. The lowest BCUT2D eigenvalue weighted by atomic mass is 10.1. The molecule has 0 aliphatic carbocycles. The maximum Gasteiger partial charge on any atom is 0.253 e. The quantitative estimate of drug-likeness (QED) is 0.892. The molecule has 2 N–H and O–H groups in total. The number of hydrogen-bond donors (Lipinski definition) is 2. The number of aryl methyl sites for hydroxylation is 2. The average molecular weight is 297 g/mol. The van der Waals surface area contributed by atoms with Crippen molar-refractivity contribution in [3.05, 3.63) is 23.3 Å². The van der Waals surface area contributed by atoms with Crippen molar-refractivity contribution in [1.82, 2.24) is 9.84 Å². The van der Waals surface area contributed by atoms with Crippen LogP contribution in [0.25, 0.3) is 0 Å². The molecule has 1 fully saturated rings. The van der Waals surface area contributed by atoms with Gasteiger partial charge >= 0.3 is 0 Å². The van der Waals surface area contributed by atoms with E-state index in [1.807, 2.05) is 38.0 Å². The molecule has 1 aliphatic heterocycles. The van der Waals surface area contributed by atoms with E-state index in [0.717, 1.165) is 42.7 Å². The fraction of sp³-hybridized carbons (Fsp3) is 0.571. The van der Waals surface area contributed by atoms with Gasteiger partial charge in [0.15, 0.2) is 0 Å². The Balaban J connectivity index is 2.29. The predicted octanol–water partition coefficient (Wildman–Crippen LogP) is 2.02. The fourth-order valence-corrected chi connectivity index (χ4v) is 4.30. The van der Waals surface area contributed by atoms with Crippen molar-refractivity contribution in [2.24, 2.45) is 0 Å². The molecule has 0 radical (unpaired) electrons. The Kier molecular flexibility index (Phi) is 4.67. The Bertz CT molecular complexity index is 555. The van der Waals surface area contributed by atoms with E-state index < -0.39 is 10.0 Å². The maximum atomic E-state index is 12.6. The van der Waals surface area contributed by atoms with Crippen molar-refractivity contribution in [2.75, 3.05) is 25.5 Å². The van der Waals surface area contributed by atoms with E-state index in [-0.39, 0.29) is 0 Å². The minimum atomic E-state index is -3.50. The molecule has 112 valence electrons. The van der Waals surface area contributed by atoms with Gasteiger partial charge in [-0.25, -0.2) is 13.4 Å². The van der Waals surface area contributed by atoms with Crippen molar-refractivity contribution in [1.29, 1.82) is 0 Å². The van der Waals surface area contributed by atoms with Crippen molar-refractivity contribution in [2.45, 2.75) is 38.0 Å². The maximum absolute atomic E-state index is 12.6. The van der Waals surface area contributed by atoms with E-state index in [1.54, 1.807) is 0 Å². The van der Waals surface area contributed by atoms with Crippen molar-refractivity contribution < 1.29 is 8.42 Å². The van der Waals surface area contributed by atoms with Gasteiger partial charge in [0.2, 0.25) is 0 Å². The average Bonchev–Trinajstić information content (AvgIpc) is 2.37. The van der Waals surface area contributed by atoms with E-state index >= 15 is 0 Å². The molecule has 0 aromatic heterocycles. The molecule has 1 aliphatic rings. The van der Waals surface area contributed by atoms with Gasteiger partial charge in [-0.1, -0.05) is 6.42 Å². The summed E-state index contributed by atoms with van der Waals surface area (Å²) in [6.07, 6.45) is 3.26. The summed E-state index contributed by atoms with van der Waals surface area (Å²) < 4.78 is 25.1. The number of sulfonamides is 1. The van der Waals surface area contributed by atoms with Crippen LogP contribution in [0.3, 0.4) is 0 Å². The van der Waals surface area contributed by atoms with Crippen LogP contribution >= 0.6 is 0 Å². The van der Waals surface area contributed by atoms with Crippen LogP contribution in [0.2, 0.25) is 0 Å². The molecule has 0 unspecified atom stereocenters. The topological polar surface area (TPSA) is 61.4 Å². The molecule has 20 heavy (non-hydrogen) atoms. The molecular weight excluding hydrogens is 274 g/mol. The summed E-state index contributed by atoms with van der Waals surface area (Å²) in [4.78, 5) is 3.11. The summed E-state index contributed by atoms with van der Waals surface area (Å²) in [5.41, 5.74) is 2.45. The van der Waals surface area contributed by atoms with Crippen LogP contribution in [0, 0.1) is 13.8 Å². The minimum Gasteiger partial charge on any atom is -0.388 e. The molecule has 2 rings (SSSR count). The number of hydrogen-bond acceptors (Lipinski definition) is 4. The highest BCUT2D eigenvalue weighted by molar-refractivity contribution is 7.89. The lowest BCUT2D eigenvalue weighted by Crippen LogP contribution is -2.45. The number of nitrogens with zero attached hydrogens (tertiary/aromatic N) is 1. The zero-order chi connectivity index (χ0) is 14.8. The first-order valence-electron chi connectivity index (χ1n) is 7.00. The molecule has 0 saturated carbocycles. The highest BCUT2D eigenvalue weighted by atomic mass is 32.2. The van der Waals surface area contributed by atoms with Crippen molar-refractivity contribution in [3.8, 4) is 0 Å². The van der Waals surface area contributed by atoms with Crippen molar-refractivity contribution in [3.63, 3.8) is 0 Å². The molecule has 1 aromatic rings. The largest absolute Gasteiger partial charge is 0.388 e. The summed E-state index contributed by atoms with van der Waals surface area (Å²) in [6, 6.07) is 3.72. The molecule has 0 spiro atoms. The second-order valence-electron chi connectivity index (χ2n) is 5.33. The van der Waals surface area contributed by atoms with Crippen LogP contribution in [-0.4, -0.2) is 33.6 Å². The third-order valence-corrected chi connectivity index (χ3v) is 5.30. The van der Waals surface area contributed by atoms with Gasteiger partial charge in [-0.3, -0.25) is 0 Å². The molecule has 1 heterocycles. The highest BCUT2D eigenvalue weighted by Gasteiger charge is 2.23. The van der Waals surface area contributed by atoms with E-state index in [2.05, 4.69) is 10.1 Å². The van der Waals surface area contributed by atoms with Crippen LogP contribution in [0.5, 0.6) is 0 Å². The fourth-order valence-electron chi connectivity index (χ4n) is 2.72. The first-order chi connectivity index (χ1) is 9.44. The molecule has 1 saturated heterocycles. The van der Waals surface area contributed by atoms with E-state index in [4.69, 9.17) is 0 Å². The predicted molar refractivity (Wildman–Crippen MR) is 81.2 cm³/mol. The second kappa shape index (κ2) is 6.11. The van der Waals surface area contributed by atoms with Gasteiger partial charge in [0.1, 0.15) is 0 Å². The second-order valence-corrected chi connectivity index (χ2v) is 6.93. The van der Waals surface area contributed by atoms with Crippen LogP contribution in [0.1, 0.15) is 30.4 Å². The summed E-state index contributed by atoms with van der Waals surface area (Å²) in [5, 5.41) is 4.85. The Morgan fingerprint density at radius 3 is 2.10 bits per heavy atom. The molecule has 6 heteroatoms. The Labute approximate surface area is 121 Å². The smallest absolute Gasteiger partial charge is 0.253 e. The van der Waals surface area contributed by atoms with Gasteiger partial charge in [-0.2, -0.15) is 0 Å². The molecule has 1 aromatic carbocycles. The van der Waals surface area contributed by atoms with Crippen LogP contribution in [0.15, 0.2) is 17.0 Å². The third-order valence-electron chi connectivity index (χ3n) is 3.62. The molecule has 0 atom stereocenters.